The Balaban J connectivity index is 2.08. The van der Waals surface area contributed by atoms with Gasteiger partial charge in [0.05, 0.1) is 0 Å². The summed E-state index contributed by atoms with van der Waals surface area (Å²) < 4.78 is 0. The van der Waals surface area contributed by atoms with Crippen molar-refractivity contribution in [1.82, 2.24) is 5.32 Å². The largest absolute Gasteiger partial charge is 0.478 e. The highest BCUT2D eigenvalue weighted by molar-refractivity contribution is 6.32. The summed E-state index contributed by atoms with van der Waals surface area (Å²) in [5.41, 5.74) is 1.07. The average Bonchev–Trinajstić information content (AvgIpc) is 2.82. The summed E-state index contributed by atoms with van der Waals surface area (Å²) in [5.74, 6) is -0.672. The minimum atomic E-state index is -1.04. The number of benzene rings is 1. The van der Waals surface area contributed by atoms with Crippen LogP contribution < -0.4 is 5.32 Å². The molecule has 2 N–H and O–H groups in total. The summed E-state index contributed by atoms with van der Waals surface area (Å²) in [6, 6.07) is 5.10. The summed E-state index contributed by atoms with van der Waals surface area (Å²) in [6.07, 6.45) is 5.73. The van der Waals surface area contributed by atoms with Crippen LogP contribution in [0.5, 0.6) is 0 Å². The van der Waals surface area contributed by atoms with Crippen molar-refractivity contribution in [3.05, 3.63) is 40.4 Å². The van der Waals surface area contributed by atoms with Gasteiger partial charge in [0.15, 0.2) is 0 Å². The lowest BCUT2D eigenvalue weighted by atomic mass is 10.1. The van der Waals surface area contributed by atoms with Crippen LogP contribution in [0.25, 0.3) is 6.08 Å². The highest BCUT2D eigenvalue weighted by Gasteiger charge is 2.25. The van der Waals surface area contributed by atoms with E-state index in [1.807, 2.05) is 0 Å². The van der Waals surface area contributed by atoms with E-state index in [1.54, 1.807) is 18.2 Å². The molecule has 1 aromatic carbocycles. The van der Waals surface area contributed by atoms with Crippen LogP contribution in [0.4, 0.5) is 0 Å². The zero-order chi connectivity index (χ0) is 15.4. The molecule has 0 radical (unpaired) electrons. The summed E-state index contributed by atoms with van der Waals surface area (Å²) in [7, 11) is 0. The molecule has 0 aromatic heterocycles. The molecule has 4 nitrogen and oxygen atoms in total. The molecule has 2 atom stereocenters. The van der Waals surface area contributed by atoms with Gasteiger partial charge in [-0.05, 0) is 42.5 Å². The van der Waals surface area contributed by atoms with Gasteiger partial charge >= 0.3 is 5.97 Å². The fraction of sp³-hybridized carbons (Fsp3) is 0.375. The fourth-order valence-electron chi connectivity index (χ4n) is 2.58. The molecule has 21 heavy (non-hydrogen) atoms. The van der Waals surface area contributed by atoms with E-state index in [0.29, 0.717) is 22.1 Å². The molecular formula is C16H18ClNO3. The zero-order valence-electron chi connectivity index (χ0n) is 11.8. The Bertz CT molecular complexity index is 583. The van der Waals surface area contributed by atoms with Crippen LogP contribution in [0.2, 0.25) is 5.02 Å². The third kappa shape index (κ3) is 4.08. The number of carbonyl (C=O) groups is 2. The smallest absolute Gasteiger partial charge is 0.328 e. The number of aliphatic carboxylic acids is 1. The molecule has 1 fully saturated rings. The molecule has 5 heteroatoms. The van der Waals surface area contributed by atoms with Crippen molar-refractivity contribution >= 4 is 29.6 Å². The highest BCUT2D eigenvalue weighted by Crippen LogP contribution is 2.25. The number of rotatable bonds is 4. The van der Waals surface area contributed by atoms with Crippen LogP contribution in [0.3, 0.4) is 0 Å². The number of nitrogens with one attached hydrogen (secondary N) is 1. The van der Waals surface area contributed by atoms with Crippen molar-refractivity contribution in [3.63, 3.8) is 0 Å². The predicted octanol–water partition coefficient (Wildman–Crippen LogP) is 3.36. The second-order valence-corrected chi connectivity index (χ2v) is 5.80. The number of carbonyl (C=O) groups excluding carboxylic acids is 1. The van der Waals surface area contributed by atoms with E-state index < -0.39 is 5.97 Å². The van der Waals surface area contributed by atoms with Gasteiger partial charge in [-0.3, -0.25) is 4.79 Å². The van der Waals surface area contributed by atoms with Gasteiger partial charge < -0.3 is 10.4 Å². The molecule has 1 saturated carbocycles. The zero-order valence-corrected chi connectivity index (χ0v) is 12.6. The van der Waals surface area contributed by atoms with Crippen molar-refractivity contribution in [2.45, 2.75) is 32.2 Å². The Kier molecular flexibility index (Phi) is 5.02. The monoisotopic (exact) mass is 307 g/mol. The highest BCUT2D eigenvalue weighted by atomic mass is 35.5. The maximum absolute atomic E-state index is 12.2. The van der Waals surface area contributed by atoms with Crippen LogP contribution in [0.1, 0.15) is 42.1 Å². The van der Waals surface area contributed by atoms with Crippen molar-refractivity contribution in [1.29, 1.82) is 0 Å². The maximum atomic E-state index is 12.2. The van der Waals surface area contributed by atoms with E-state index in [-0.39, 0.29) is 11.9 Å². The van der Waals surface area contributed by atoms with Crippen LogP contribution in [0.15, 0.2) is 24.3 Å². The Morgan fingerprint density at radius 2 is 2.14 bits per heavy atom. The fourth-order valence-corrected chi connectivity index (χ4v) is 2.82. The Morgan fingerprint density at radius 1 is 1.38 bits per heavy atom. The molecule has 1 amide bonds. The second kappa shape index (κ2) is 6.76. The number of carboxylic acid groups (broad SMARTS) is 1. The maximum Gasteiger partial charge on any atom is 0.328 e. The van der Waals surface area contributed by atoms with Crippen molar-refractivity contribution in [2.75, 3.05) is 0 Å². The van der Waals surface area contributed by atoms with Gasteiger partial charge in [0, 0.05) is 22.7 Å². The van der Waals surface area contributed by atoms with Crippen LogP contribution in [-0.2, 0) is 4.79 Å². The Labute approximate surface area is 128 Å². The van der Waals surface area contributed by atoms with Gasteiger partial charge in [-0.15, -0.1) is 0 Å². The molecule has 1 aliphatic rings. The average molecular weight is 308 g/mol. The molecule has 112 valence electrons. The van der Waals surface area contributed by atoms with Crippen molar-refractivity contribution < 1.29 is 14.7 Å². The lowest BCUT2D eigenvalue weighted by Crippen LogP contribution is -2.36. The predicted molar refractivity (Wildman–Crippen MR) is 82.4 cm³/mol. The van der Waals surface area contributed by atoms with Crippen LogP contribution in [-0.4, -0.2) is 23.0 Å². The first-order valence-electron chi connectivity index (χ1n) is 6.99. The minimum Gasteiger partial charge on any atom is -0.478 e. The standard InChI is InChI=1S/C16H18ClNO3/c1-10-3-2-4-14(10)18-16(21)12-6-5-11(13(17)9-12)7-8-15(19)20/h5-10,14H,2-4H2,1H3,(H,18,21)(H,19,20)/b8-7+. The van der Waals surface area contributed by atoms with Gasteiger partial charge in [0.1, 0.15) is 0 Å². The van der Waals surface area contributed by atoms with Crippen LogP contribution >= 0.6 is 11.6 Å². The lowest BCUT2D eigenvalue weighted by Gasteiger charge is -2.17. The molecule has 0 bridgehead atoms. The van der Waals surface area contributed by atoms with Gasteiger partial charge in [0.25, 0.3) is 5.91 Å². The Hall–Kier alpha value is -1.81. The molecule has 1 aromatic rings. The first-order chi connectivity index (χ1) is 9.97. The summed E-state index contributed by atoms with van der Waals surface area (Å²) in [5, 5.41) is 12.0. The molecule has 0 heterocycles. The topological polar surface area (TPSA) is 66.4 Å². The van der Waals surface area contributed by atoms with Gasteiger partial charge in [0.2, 0.25) is 0 Å². The molecule has 2 rings (SSSR count). The third-order valence-electron chi connectivity index (χ3n) is 3.85. The molecular weight excluding hydrogens is 290 g/mol. The number of carboxylic acids is 1. The summed E-state index contributed by atoms with van der Waals surface area (Å²) >= 11 is 6.08. The van der Waals surface area contributed by atoms with Crippen molar-refractivity contribution in [3.8, 4) is 0 Å². The normalized spacial score (nSPS) is 21.6. The number of halogens is 1. The molecule has 0 aliphatic heterocycles. The van der Waals surface area contributed by atoms with E-state index in [9.17, 15) is 9.59 Å². The van der Waals surface area contributed by atoms with Gasteiger partial charge in [-0.2, -0.15) is 0 Å². The van der Waals surface area contributed by atoms with E-state index in [1.165, 1.54) is 6.08 Å². The lowest BCUT2D eigenvalue weighted by molar-refractivity contribution is -0.131. The third-order valence-corrected chi connectivity index (χ3v) is 4.17. The Morgan fingerprint density at radius 3 is 2.71 bits per heavy atom. The number of hydrogen-bond acceptors (Lipinski definition) is 2. The van der Waals surface area contributed by atoms with Gasteiger partial charge in [-0.25, -0.2) is 4.79 Å². The quantitative estimate of drug-likeness (QED) is 0.838. The van der Waals surface area contributed by atoms with Crippen LogP contribution in [0, 0.1) is 5.92 Å². The second-order valence-electron chi connectivity index (χ2n) is 5.40. The van der Waals surface area contributed by atoms with E-state index in [2.05, 4.69) is 12.2 Å². The minimum absolute atomic E-state index is 0.135. The summed E-state index contributed by atoms with van der Waals surface area (Å²) in [4.78, 5) is 22.7. The van der Waals surface area contributed by atoms with E-state index >= 15 is 0 Å². The SMILES string of the molecule is CC1CCCC1NC(=O)c1ccc(/C=C/C(=O)O)c(Cl)c1. The molecule has 0 saturated heterocycles. The number of amides is 1. The molecule has 0 spiro atoms. The summed E-state index contributed by atoms with van der Waals surface area (Å²) in [6.45, 7) is 2.14. The van der Waals surface area contributed by atoms with Gasteiger partial charge in [-0.1, -0.05) is 31.0 Å². The van der Waals surface area contributed by atoms with Crippen molar-refractivity contribution in [2.24, 2.45) is 5.92 Å². The van der Waals surface area contributed by atoms with E-state index in [4.69, 9.17) is 16.7 Å². The first kappa shape index (κ1) is 15.6. The first-order valence-corrected chi connectivity index (χ1v) is 7.36. The van der Waals surface area contributed by atoms with E-state index in [0.717, 1.165) is 25.3 Å². The molecule has 1 aliphatic carbocycles. The molecule has 2 unspecified atom stereocenters. The number of hydrogen-bond donors (Lipinski definition) is 2.